The maximum absolute atomic E-state index is 13.1. The third-order valence-corrected chi connectivity index (χ3v) is 5.10. The second-order valence-electron chi connectivity index (χ2n) is 7.32. The number of rotatable bonds is 5. The van der Waals surface area contributed by atoms with Crippen molar-refractivity contribution in [2.24, 2.45) is 0 Å². The lowest BCUT2D eigenvalue weighted by molar-refractivity contribution is -0.138. The second-order valence-corrected chi connectivity index (χ2v) is 7.32. The highest BCUT2D eigenvalue weighted by Crippen LogP contribution is 2.43. The molecule has 1 aliphatic rings. The van der Waals surface area contributed by atoms with Crippen molar-refractivity contribution in [2.75, 3.05) is 25.5 Å². The van der Waals surface area contributed by atoms with E-state index >= 15 is 0 Å². The van der Waals surface area contributed by atoms with Gasteiger partial charge in [-0.15, -0.1) is 10.2 Å². The molecule has 2 N–H and O–H groups in total. The summed E-state index contributed by atoms with van der Waals surface area (Å²) in [4.78, 5) is 17.3. The first kappa shape index (κ1) is 20.8. The Bertz CT molecular complexity index is 1120. The number of phenols is 1. The first-order chi connectivity index (χ1) is 14.8. The maximum atomic E-state index is 13.1. The molecular formula is C19H19F3N6O3. The van der Waals surface area contributed by atoms with Crippen LogP contribution in [-0.4, -0.2) is 62.2 Å². The van der Waals surface area contributed by atoms with E-state index in [9.17, 15) is 23.1 Å². The molecule has 0 saturated carbocycles. The van der Waals surface area contributed by atoms with Crippen LogP contribution >= 0.6 is 0 Å². The highest BCUT2D eigenvalue weighted by molar-refractivity contribution is 5.84. The zero-order valence-electron chi connectivity index (χ0n) is 16.4. The number of nitrogens with zero attached hydrogens (tertiary/aromatic N) is 5. The molecule has 1 atom stereocenters. The summed E-state index contributed by atoms with van der Waals surface area (Å²) in [6.45, 7) is 1.80. The Balaban J connectivity index is 1.79. The molecule has 1 aliphatic heterocycles. The van der Waals surface area contributed by atoms with Crippen LogP contribution in [0.3, 0.4) is 0 Å². The number of benzene rings is 1. The SMILES string of the molecule is CN1CCC[C@@H](Nc2nnc(-c3c(O)cc(C(F)(F)F)cc3OC=O)c3nccn23)C1. The van der Waals surface area contributed by atoms with Gasteiger partial charge < -0.3 is 20.1 Å². The summed E-state index contributed by atoms with van der Waals surface area (Å²) in [5, 5.41) is 21.9. The third-order valence-electron chi connectivity index (χ3n) is 5.10. The number of alkyl halides is 3. The summed E-state index contributed by atoms with van der Waals surface area (Å²) in [6.07, 6.45) is 0.317. The average molecular weight is 436 g/mol. The van der Waals surface area contributed by atoms with Crippen molar-refractivity contribution in [1.29, 1.82) is 0 Å². The number of hydrogen-bond acceptors (Lipinski definition) is 8. The molecule has 1 aromatic carbocycles. The lowest BCUT2D eigenvalue weighted by Gasteiger charge is -2.30. The number of anilines is 1. The Morgan fingerprint density at radius 1 is 1.32 bits per heavy atom. The molecule has 164 valence electrons. The number of aromatic nitrogens is 4. The fourth-order valence-corrected chi connectivity index (χ4v) is 3.71. The third kappa shape index (κ3) is 4.10. The van der Waals surface area contributed by atoms with Crippen LogP contribution in [-0.2, 0) is 11.0 Å². The van der Waals surface area contributed by atoms with E-state index in [4.69, 9.17) is 4.74 Å². The van der Waals surface area contributed by atoms with E-state index in [1.165, 1.54) is 6.20 Å². The molecule has 4 rings (SSSR count). The molecule has 0 radical (unpaired) electrons. The minimum atomic E-state index is -4.74. The summed E-state index contributed by atoms with van der Waals surface area (Å²) < 4.78 is 45.7. The smallest absolute Gasteiger partial charge is 0.416 e. The minimum absolute atomic E-state index is 0.0237. The number of phenolic OH excluding ortho intramolecular Hbond substituents is 1. The normalized spacial score (nSPS) is 17.6. The molecule has 3 heterocycles. The van der Waals surface area contributed by atoms with Crippen molar-refractivity contribution in [3.8, 4) is 22.8 Å². The van der Waals surface area contributed by atoms with Crippen LogP contribution in [0.5, 0.6) is 11.5 Å². The van der Waals surface area contributed by atoms with Gasteiger partial charge in [0.1, 0.15) is 17.2 Å². The zero-order valence-corrected chi connectivity index (χ0v) is 16.4. The van der Waals surface area contributed by atoms with E-state index in [-0.39, 0.29) is 29.4 Å². The Labute approximate surface area is 174 Å². The van der Waals surface area contributed by atoms with Crippen molar-refractivity contribution < 1.29 is 27.8 Å². The highest BCUT2D eigenvalue weighted by Gasteiger charge is 2.34. The van der Waals surface area contributed by atoms with E-state index in [0.29, 0.717) is 18.1 Å². The van der Waals surface area contributed by atoms with Gasteiger partial charge in [0.25, 0.3) is 6.47 Å². The number of likely N-dealkylation sites (tertiary alicyclic amines) is 1. The number of ether oxygens (including phenoxy) is 1. The molecule has 0 unspecified atom stereocenters. The zero-order chi connectivity index (χ0) is 22.2. The summed E-state index contributed by atoms with van der Waals surface area (Å²) in [5.74, 6) is -0.863. The van der Waals surface area contributed by atoms with Gasteiger partial charge in [-0.05, 0) is 38.6 Å². The number of nitrogens with one attached hydrogen (secondary N) is 1. The topological polar surface area (TPSA) is 105 Å². The molecule has 0 amide bonds. The summed E-state index contributed by atoms with van der Waals surface area (Å²) in [5.41, 5.74) is -1.18. The fourth-order valence-electron chi connectivity index (χ4n) is 3.71. The molecule has 31 heavy (non-hydrogen) atoms. The summed E-state index contributed by atoms with van der Waals surface area (Å²) in [7, 11) is 2.03. The van der Waals surface area contributed by atoms with Gasteiger partial charge >= 0.3 is 6.18 Å². The average Bonchev–Trinajstić information content (AvgIpc) is 3.19. The van der Waals surface area contributed by atoms with Gasteiger partial charge in [0.2, 0.25) is 5.95 Å². The van der Waals surface area contributed by atoms with Crippen molar-refractivity contribution in [2.45, 2.75) is 25.1 Å². The van der Waals surface area contributed by atoms with Crippen LogP contribution in [0.1, 0.15) is 18.4 Å². The van der Waals surface area contributed by atoms with Gasteiger partial charge in [-0.2, -0.15) is 13.2 Å². The van der Waals surface area contributed by atoms with Crippen molar-refractivity contribution in [1.82, 2.24) is 24.5 Å². The van der Waals surface area contributed by atoms with Crippen molar-refractivity contribution >= 4 is 18.1 Å². The standard InChI is InChI=1S/C19H19F3N6O3/c1-27-5-2-3-12(9-27)24-18-26-25-16(17-23-4-6-28(17)18)15-13(30)7-11(19(20,21)22)8-14(15)31-10-29/h4,6-8,10,12,30H,2-3,5,9H2,1H3,(H,24,26)/t12-/m1/s1. The molecule has 3 aromatic rings. The Hall–Kier alpha value is -3.41. The molecule has 0 spiro atoms. The molecule has 2 aromatic heterocycles. The predicted molar refractivity (Wildman–Crippen MR) is 104 cm³/mol. The summed E-state index contributed by atoms with van der Waals surface area (Å²) in [6, 6.07) is 1.30. The number of piperidine rings is 1. The van der Waals surface area contributed by atoms with Gasteiger partial charge in [0, 0.05) is 25.0 Å². The van der Waals surface area contributed by atoms with E-state index < -0.39 is 23.2 Å². The number of carbonyl (C=O) groups excluding carboxylic acids is 1. The van der Waals surface area contributed by atoms with Crippen LogP contribution in [0.25, 0.3) is 16.9 Å². The van der Waals surface area contributed by atoms with E-state index in [1.54, 1.807) is 10.6 Å². The number of carbonyl (C=O) groups is 1. The lowest BCUT2D eigenvalue weighted by atomic mass is 10.1. The van der Waals surface area contributed by atoms with Gasteiger partial charge in [0.05, 0.1) is 11.1 Å². The highest BCUT2D eigenvalue weighted by atomic mass is 19.4. The van der Waals surface area contributed by atoms with Crippen LogP contribution in [0.4, 0.5) is 19.1 Å². The number of imidazole rings is 1. The van der Waals surface area contributed by atoms with Crippen LogP contribution in [0, 0.1) is 0 Å². The second kappa shape index (κ2) is 8.02. The quantitative estimate of drug-likeness (QED) is 0.588. The number of halogens is 3. The number of fused-ring (bicyclic) bond motifs is 1. The van der Waals surface area contributed by atoms with Crippen LogP contribution in [0.15, 0.2) is 24.5 Å². The van der Waals surface area contributed by atoms with Crippen LogP contribution in [0.2, 0.25) is 0 Å². The Morgan fingerprint density at radius 3 is 2.84 bits per heavy atom. The maximum Gasteiger partial charge on any atom is 0.416 e. The van der Waals surface area contributed by atoms with Crippen molar-refractivity contribution in [3.05, 3.63) is 30.1 Å². The van der Waals surface area contributed by atoms with Gasteiger partial charge in [-0.1, -0.05) is 0 Å². The summed E-state index contributed by atoms with van der Waals surface area (Å²) >= 11 is 0. The first-order valence-electron chi connectivity index (χ1n) is 9.47. The van der Waals surface area contributed by atoms with Crippen molar-refractivity contribution in [3.63, 3.8) is 0 Å². The van der Waals surface area contributed by atoms with Crippen LogP contribution < -0.4 is 10.1 Å². The van der Waals surface area contributed by atoms with E-state index in [1.807, 2.05) is 7.05 Å². The lowest BCUT2D eigenvalue weighted by Crippen LogP contribution is -2.40. The molecule has 12 heteroatoms. The first-order valence-corrected chi connectivity index (χ1v) is 9.47. The largest absolute Gasteiger partial charge is 0.507 e. The minimum Gasteiger partial charge on any atom is -0.507 e. The predicted octanol–water partition coefficient (Wildman–Crippen LogP) is 2.56. The van der Waals surface area contributed by atoms with Gasteiger partial charge in [0.15, 0.2) is 5.65 Å². The fraction of sp³-hybridized carbons (Fsp3) is 0.368. The monoisotopic (exact) mass is 436 g/mol. The van der Waals surface area contributed by atoms with Gasteiger partial charge in [-0.3, -0.25) is 9.20 Å². The molecular weight excluding hydrogens is 417 g/mol. The molecule has 1 saturated heterocycles. The number of hydrogen-bond donors (Lipinski definition) is 2. The molecule has 0 bridgehead atoms. The Kier molecular flexibility index (Phi) is 5.39. The Morgan fingerprint density at radius 2 is 2.13 bits per heavy atom. The van der Waals surface area contributed by atoms with E-state index in [2.05, 4.69) is 25.4 Å². The molecule has 1 fully saturated rings. The van der Waals surface area contributed by atoms with Gasteiger partial charge in [-0.25, -0.2) is 4.98 Å². The number of likely N-dealkylation sites (N-methyl/N-ethyl adjacent to an activating group) is 1. The molecule has 9 nitrogen and oxygen atoms in total. The molecule has 0 aliphatic carbocycles. The number of aromatic hydroxyl groups is 1. The van der Waals surface area contributed by atoms with E-state index in [0.717, 1.165) is 25.9 Å².